The zero-order chi connectivity index (χ0) is 13.9. The van der Waals surface area contributed by atoms with E-state index in [2.05, 4.69) is 11.9 Å². The SMILES string of the molecule is CCc1ccccc1C(=O)c1cccc2ncccc12. The van der Waals surface area contributed by atoms with Crippen LogP contribution in [0.25, 0.3) is 10.9 Å². The van der Waals surface area contributed by atoms with Crippen molar-refractivity contribution in [2.75, 3.05) is 0 Å². The van der Waals surface area contributed by atoms with Crippen LogP contribution < -0.4 is 0 Å². The van der Waals surface area contributed by atoms with Crippen LogP contribution in [0.1, 0.15) is 28.4 Å². The second-order valence-electron chi connectivity index (χ2n) is 4.72. The molecule has 0 bridgehead atoms. The van der Waals surface area contributed by atoms with Crippen LogP contribution in [0, 0.1) is 0 Å². The van der Waals surface area contributed by atoms with Crippen molar-refractivity contribution in [3.63, 3.8) is 0 Å². The first-order valence-electron chi connectivity index (χ1n) is 6.77. The molecule has 20 heavy (non-hydrogen) atoms. The van der Waals surface area contributed by atoms with E-state index in [-0.39, 0.29) is 5.78 Å². The first kappa shape index (κ1) is 12.5. The number of benzene rings is 2. The van der Waals surface area contributed by atoms with Gasteiger partial charge in [0.1, 0.15) is 0 Å². The third-order valence-electron chi connectivity index (χ3n) is 3.53. The lowest BCUT2D eigenvalue weighted by atomic mass is 9.95. The molecule has 3 rings (SSSR count). The molecule has 0 saturated heterocycles. The second kappa shape index (κ2) is 5.25. The second-order valence-corrected chi connectivity index (χ2v) is 4.72. The van der Waals surface area contributed by atoms with Gasteiger partial charge in [0.05, 0.1) is 5.52 Å². The van der Waals surface area contributed by atoms with Gasteiger partial charge in [-0.2, -0.15) is 0 Å². The number of aromatic nitrogens is 1. The van der Waals surface area contributed by atoms with Gasteiger partial charge in [-0.05, 0) is 24.1 Å². The summed E-state index contributed by atoms with van der Waals surface area (Å²) in [6.45, 7) is 2.07. The van der Waals surface area contributed by atoms with Gasteiger partial charge in [0.25, 0.3) is 0 Å². The van der Waals surface area contributed by atoms with Crippen molar-refractivity contribution in [2.45, 2.75) is 13.3 Å². The van der Waals surface area contributed by atoms with Crippen molar-refractivity contribution in [2.24, 2.45) is 0 Å². The Balaban J connectivity index is 2.18. The predicted molar refractivity (Wildman–Crippen MR) is 81.0 cm³/mol. The minimum Gasteiger partial charge on any atom is -0.289 e. The van der Waals surface area contributed by atoms with Crippen molar-refractivity contribution in [3.8, 4) is 0 Å². The van der Waals surface area contributed by atoms with Crippen LogP contribution in [-0.2, 0) is 6.42 Å². The normalized spacial score (nSPS) is 10.7. The van der Waals surface area contributed by atoms with Gasteiger partial charge < -0.3 is 0 Å². The summed E-state index contributed by atoms with van der Waals surface area (Å²) in [7, 11) is 0. The highest BCUT2D eigenvalue weighted by atomic mass is 16.1. The number of ketones is 1. The summed E-state index contributed by atoms with van der Waals surface area (Å²) in [6, 6.07) is 17.3. The lowest BCUT2D eigenvalue weighted by molar-refractivity contribution is 0.103. The molecule has 3 aromatic rings. The van der Waals surface area contributed by atoms with Crippen LogP contribution in [0.2, 0.25) is 0 Å². The molecule has 2 heteroatoms. The zero-order valence-electron chi connectivity index (χ0n) is 11.3. The lowest BCUT2D eigenvalue weighted by Crippen LogP contribution is -2.05. The van der Waals surface area contributed by atoms with Crippen LogP contribution in [0.15, 0.2) is 60.8 Å². The van der Waals surface area contributed by atoms with E-state index < -0.39 is 0 Å². The first-order chi connectivity index (χ1) is 9.81. The Kier molecular flexibility index (Phi) is 3.30. The number of nitrogens with zero attached hydrogens (tertiary/aromatic N) is 1. The molecule has 0 atom stereocenters. The average molecular weight is 261 g/mol. The maximum Gasteiger partial charge on any atom is 0.193 e. The molecule has 0 aliphatic heterocycles. The molecular formula is C18H15NO. The first-order valence-corrected chi connectivity index (χ1v) is 6.77. The summed E-state index contributed by atoms with van der Waals surface area (Å²) in [5, 5.41) is 0.908. The van der Waals surface area contributed by atoms with Crippen LogP contribution >= 0.6 is 0 Å². The maximum atomic E-state index is 12.8. The topological polar surface area (TPSA) is 30.0 Å². The van der Waals surface area contributed by atoms with Gasteiger partial charge in [0, 0.05) is 22.7 Å². The summed E-state index contributed by atoms with van der Waals surface area (Å²) in [6.07, 6.45) is 2.60. The Hall–Kier alpha value is -2.48. The smallest absolute Gasteiger partial charge is 0.193 e. The molecule has 0 unspecified atom stereocenters. The molecule has 0 radical (unpaired) electrons. The zero-order valence-corrected chi connectivity index (χ0v) is 11.3. The lowest BCUT2D eigenvalue weighted by Gasteiger charge is -2.08. The molecule has 0 aliphatic rings. The minimum absolute atomic E-state index is 0.0704. The summed E-state index contributed by atoms with van der Waals surface area (Å²) in [5.41, 5.74) is 3.44. The molecule has 2 aromatic carbocycles. The van der Waals surface area contributed by atoms with Crippen molar-refractivity contribution in [1.29, 1.82) is 0 Å². The van der Waals surface area contributed by atoms with Gasteiger partial charge in [-0.25, -0.2) is 0 Å². The van der Waals surface area contributed by atoms with Crippen molar-refractivity contribution in [3.05, 3.63) is 77.5 Å². The van der Waals surface area contributed by atoms with E-state index in [1.807, 2.05) is 54.6 Å². The third-order valence-corrected chi connectivity index (χ3v) is 3.53. The summed E-state index contributed by atoms with van der Waals surface area (Å²) in [5.74, 6) is 0.0704. The number of fused-ring (bicyclic) bond motifs is 1. The van der Waals surface area contributed by atoms with E-state index in [0.29, 0.717) is 0 Å². The standard InChI is InChI=1S/C18H15NO/c1-2-13-7-3-4-8-14(13)18(20)16-9-5-11-17-15(16)10-6-12-19-17/h3-12H,2H2,1H3. The van der Waals surface area contributed by atoms with Crippen molar-refractivity contribution >= 4 is 16.7 Å². The van der Waals surface area contributed by atoms with E-state index in [0.717, 1.165) is 34.0 Å². The number of hydrogen-bond acceptors (Lipinski definition) is 2. The maximum absolute atomic E-state index is 12.8. The molecule has 1 heterocycles. The van der Waals surface area contributed by atoms with Crippen molar-refractivity contribution < 1.29 is 4.79 Å². The Labute approximate surface area is 118 Å². The highest BCUT2D eigenvalue weighted by Crippen LogP contribution is 2.21. The molecule has 0 aliphatic carbocycles. The fraction of sp³-hybridized carbons (Fsp3) is 0.111. The van der Waals surface area contributed by atoms with Crippen LogP contribution in [0.5, 0.6) is 0 Å². The average Bonchev–Trinajstić information content (AvgIpc) is 2.53. The Morgan fingerprint density at radius 3 is 2.60 bits per heavy atom. The quantitative estimate of drug-likeness (QED) is 0.666. The highest BCUT2D eigenvalue weighted by Gasteiger charge is 2.14. The largest absolute Gasteiger partial charge is 0.289 e. The molecule has 2 nitrogen and oxygen atoms in total. The molecule has 0 spiro atoms. The van der Waals surface area contributed by atoms with Gasteiger partial charge in [-0.1, -0.05) is 49.4 Å². The number of carbonyl (C=O) groups is 1. The van der Waals surface area contributed by atoms with Gasteiger partial charge in [0.2, 0.25) is 0 Å². The number of rotatable bonds is 3. The van der Waals surface area contributed by atoms with E-state index in [9.17, 15) is 4.79 Å². The molecule has 98 valence electrons. The van der Waals surface area contributed by atoms with E-state index in [1.54, 1.807) is 6.20 Å². The molecule has 0 fully saturated rings. The Morgan fingerprint density at radius 2 is 1.75 bits per heavy atom. The molecule has 1 aromatic heterocycles. The predicted octanol–water partition coefficient (Wildman–Crippen LogP) is 4.03. The fourth-order valence-corrected chi connectivity index (χ4v) is 2.50. The van der Waals surface area contributed by atoms with Crippen LogP contribution in [0.3, 0.4) is 0 Å². The van der Waals surface area contributed by atoms with Gasteiger partial charge in [-0.15, -0.1) is 0 Å². The van der Waals surface area contributed by atoms with E-state index >= 15 is 0 Å². The summed E-state index contributed by atoms with van der Waals surface area (Å²) >= 11 is 0. The fourth-order valence-electron chi connectivity index (χ4n) is 2.50. The van der Waals surface area contributed by atoms with Crippen LogP contribution in [0.4, 0.5) is 0 Å². The molecule has 0 N–H and O–H groups in total. The van der Waals surface area contributed by atoms with E-state index in [4.69, 9.17) is 0 Å². The molecule has 0 amide bonds. The van der Waals surface area contributed by atoms with Crippen LogP contribution in [-0.4, -0.2) is 10.8 Å². The van der Waals surface area contributed by atoms with E-state index in [1.165, 1.54) is 0 Å². The Bertz CT molecular complexity index is 772. The monoisotopic (exact) mass is 261 g/mol. The number of aryl methyl sites for hydroxylation is 1. The number of carbonyl (C=O) groups excluding carboxylic acids is 1. The molecule has 0 saturated carbocycles. The summed E-state index contributed by atoms with van der Waals surface area (Å²) < 4.78 is 0. The van der Waals surface area contributed by atoms with Crippen molar-refractivity contribution in [1.82, 2.24) is 4.98 Å². The Morgan fingerprint density at radius 1 is 0.950 bits per heavy atom. The summed E-state index contributed by atoms with van der Waals surface area (Å²) in [4.78, 5) is 17.1. The van der Waals surface area contributed by atoms with Gasteiger partial charge >= 0.3 is 0 Å². The highest BCUT2D eigenvalue weighted by molar-refractivity contribution is 6.16. The number of pyridine rings is 1. The number of hydrogen-bond donors (Lipinski definition) is 0. The third kappa shape index (κ3) is 2.10. The van der Waals surface area contributed by atoms with Gasteiger partial charge in [-0.3, -0.25) is 9.78 Å². The minimum atomic E-state index is 0.0704. The van der Waals surface area contributed by atoms with Gasteiger partial charge in [0.15, 0.2) is 5.78 Å². The molecular weight excluding hydrogens is 246 g/mol.